The van der Waals surface area contributed by atoms with E-state index < -0.39 is 0 Å². The van der Waals surface area contributed by atoms with Gasteiger partial charge in [0.2, 0.25) is 0 Å². The predicted octanol–water partition coefficient (Wildman–Crippen LogP) is 3.78. The summed E-state index contributed by atoms with van der Waals surface area (Å²) in [6.45, 7) is 4.02. The molecule has 5 heteroatoms. The minimum atomic E-state index is 0.291. The molecule has 0 bridgehead atoms. The van der Waals surface area contributed by atoms with E-state index in [1.807, 2.05) is 6.92 Å². The summed E-state index contributed by atoms with van der Waals surface area (Å²) in [7, 11) is 0. The van der Waals surface area contributed by atoms with E-state index in [2.05, 4.69) is 11.9 Å². The van der Waals surface area contributed by atoms with Crippen LogP contribution in [0.3, 0.4) is 0 Å². The molecule has 0 radical (unpaired) electrons. The van der Waals surface area contributed by atoms with Crippen LogP contribution in [0.5, 0.6) is 0 Å². The maximum atomic E-state index is 6.00. The average molecular weight is 251 g/mol. The molecule has 1 aromatic heterocycles. The van der Waals surface area contributed by atoms with Gasteiger partial charge in [0.25, 0.3) is 0 Å². The number of nitrogen functional groups attached to an aromatic ring is 1. The number of pyridine rings is 1. The Morgan fingerprint density at radius 2 is 2.07 bits per heavy atom. The van der Waals surface area contributed by atoms with Gasteiger partial charge in [-0.2, -0.15) is 0 Å². The van der Waals surface area contributed by atoms with Crippen molar-refractivity contribution >= 4 is 40.7 Å². The Kier molecular flexibility index (Phi) is 4.35. The number of hydrogen-bond acceptors (Lipinski definition) is 3. The second-order valence-corrected chi connectivity index (χ2v) is 4.73. The molecular weight excluding hydrogens is 239 g/mol. The topological polar surface area (TPSA) is 38.9 Å². The molecule has 14 heavy (non-hydrogen) atoms. The molecule has 0 aliphatic rings. The van der Waals surface area contributed by atoms with E-state index in [-0.39, 0.29) is 0 Å². The van der Waals surface area contributed by atoms with Crippen LogP contribution in [0.1, 0.15) is 18.9 Å². The zero-order chi connectivity index (χ0) is 10.7. The van der Waals surface area contributed by atoms with Crippen LogP contribution in [0.25, 0.3) is 0 Å². The van der Waals surface area contributed by atoms with E-state index in [9.17, 15) is 0 Å². The van der Waals surface area contributed by atoms with Crippen molar-refractivity contribution in [2.45, 2.75) is 25.3 Å². The van der Waals surface area contributed by atoms with Gasteiger partial charge >= 0.3 is 0 Å². The zero-order valence-corrected chi connectivity index (χ0v) is 10.4. The minimum absolute atomic E-state index is 0.291. The molecule has 78 valence electrons. The van der Waals surface area contributed by atoms with Crippen molar-refractivity contribution in [3.8, 4) is 0 Å². The monoisotopic (exact) mass is 250 g/mol. The first-order valence-electron chi connectivity index (χ1n) is 4.31. The molecule has 2 nitrogen and oxygen atoms in total. The number of thioether (sulfide) groups is 1. The Labute approximate surface area is 98.2 Å². The second kappa shape index (κ2) is 5.10. The molecule has 0 aliphatic heterocycles. The van der Waals surface area contributed by atoms with Crippen LogP contribution in [0, 0.1) is 6.92 Å². The highest BCUT2D eigenvalue weighted by molar-refractivity contribution is 7.99. The van der Waals surface area contributed by atoms with Gasteiger partial charge < -0.3 is 5.73 Å². The molecule has 0 aliphatic carbocycles. The van der Waals surface area contributed by atoms with Crippen molar-refractivity contribution in [3.05, 3.63) is 15.7 Å². The van der Waals surface area contributed by atoms with E-state index in [0.29, 0.717) is 15.9 Å². The summed E-state index contributed by atoms with van der Waals surface area (Å²) >= 11 is 13.5. The van der Waals surface area contributed by atoms with Crippen molar-refractivity contribution in [1.29, 1.82) is 0 Å². The van der Waals surface area contributed by atoms with Crippen molar-refractivity contribution in [3.63, 3.8) is 0 Å². The fraction of sp³-hybridized carbons (Fsp3) is 0.444. The van der Waals surface area contributed by atoms with Gasteiger partial charge in [-0.1, -0.05) is 30.1 Å². The molecule has 0 spiro atoms. The smallest absolute Gasteiger partial charge is 0.154 e. The zero-order valence-electron chi connectivity index (χ0n) is 8.10. The largest absolute Gasteiger partial charge is 0.395 e. The minimum Gasteiger partial charge on any atom is -0.395 e. The molecule has 2 N–H and O–H groups in total. The summed E-state index contributed by atoms with van der Waals surface area (Å²) in [6, 6.07) is 0. The van der Waals surface area contributed by atoms with Gasteiger partial charge in [0, 0.05) is 5.56 Å². The Morgan fingerprint density at radius 3 is 2.64 bits per heavy atom. The van der Waals surface area contributed by atoms with E-state index in [4.69, 9.17) is 28.9 Å². The van der Waals surface area contributed by atoms with Crippen LogP contribution >= 0.6 is 35.0 Å². The lowest BCUT2D eigenvalue weighted by atomic mass is 10.3. The first-order chi connectivity index (χ1) is 6.57. The van der Waals surface area contributed by atoms with Gasteiger partial charge in [0.15, 0.2) is 5.15 Å². The number of halogens is 2. The van der Waals surface area contributed by atoms with Crippen LogP contribution in [0.2, 0.25) is 10.2 Å². The Hall–Kier alpha value is -0.120. The molecule has 0 fully saturated rings. The molecule has 0 saturated heterocycles. The fourth-order valence-electron chi connectivity index (χ4n) is 0.959. The van der Waals surface area contributed by atoms with Crippen LogP contribution in [-0.2, 0) is 0 Å². The maximum absolute atomic E-state index is 6.00. The molecule has 1 rings (SSSR count). The highest BCUT2D eigenvalue weighted by Crippen LogP contribution is 2.34. The first-order valence-corrected chi connectivity index (χ1v) is 6.06. The molecule has 1 heterocycles. The third kappa shape index (κ3) is 2.47. The summed E-state index contributed by atoms with van der Waals surface area (Å²) in [6.07, 6.45) is 1.09. The lowest BCUT2D eigenvalue weighted by molar-refractivity contribution is 1.06. The van der Waals surface area contributed by atoms with E-state index in [1.54, 1.807) is 11.8 Å². The van der Waals surface area contributed by atoms with Crippen molar-refractivity contribution in [2.75, 3.05) is 11.5 Å². The fourth-order valence-corrected chi connectivity index (χ4v) is 2.34. The lowest BCUT2D eigenvalue weighted by Crippen LogP contribution is -1.96. The summed E-state index contributed by atoms with van der Waals surface area (Å²) in [5, 5.41) is 1.68. The Morgan fingerprint density at radius 1 is 1.43 bits per heavy atom. The van der Waals surface area contributed by atoms with E-state index >= 15 is 0 Å². The summed E-state index contributed by atoms with van der Waals surface area (Å²) in [5.41, 5.74) is 6.92. The highest BCUT2D eigenvalue weighted by atomic mass is 35.5. The Balaban J connectivity index is 3.06. The van der Waals surface area contributed by atoms with Gasteiger partial charge in [-0.05, 0) is 19.1 Å². The van der Waals surface area contributed by atoms with Gasteiger partial charge in [-0.25, -0.2) is 4.98 Å². The molecule has 1 aromatic rings. The summed E-state index contributed by atoms with van der Waals surface area (Å²) in [5.74, 6) is 1.00. The van der Waals surface area contributed by atoms with Crippen molar-refractivity contribution in [2.24, 2.45) is 0 Å². The molecule has 0 saturated carbocycles. The maximum Gasteiger partial charge on any atom is 0.154 e. The molecule has 0 unspecified atom stereocenters. The number of nitrogens with zero attached hydrogens (tertiary/aromatic N) is 1. The molecular formula is C9H12Cl2N2S. The third-order valence-electron chi connectivity index (χ3n) is 1.75. The van der Waals surface area contributed by atoms with Crippen LogP contribution in [-0.4, -0.2) is 10.7 Å². The van der Waals surface area contributed by atoms with Crippen LogP contribution in [0.4, 0.5) is 5.69 Å². The predicted molar refractivity (Wildman–Crippen MR) is 64.4 cm³/mol. The van der Waals surface area contributed by atoms with Crippen LogP contribution < -0.4 is 5.73 Å². The standard InChI is InChI=1S/C9H12Cl2N2S/c1-3-4-14-9-5(2)6(10)7(12)8(11)13-9/h3-4,12H2,1-2H3. The van der Waals surface area contributed by atoms with Gasteiger partial charge in [-0.3, -0.25) is 0 Å². The van der Waals surface area contributed by atoms with E-state index in [0.717, 1.165) is 22.8 Å². The lowest BCUT2D eigenvalue weighted by Gasteiger charge is -2.09. The van der Waals surface area contributed by atoms with Crippen molar-refractivity contribution in [1.82, 2.24) is 4.98 Å². The first kappa shape index (κ1) is 12.0. The van der Waals surface area contributed by atoms with Gasteiger partial charge in [0.1, 0.15) is 5.03 Å². The van der Waals surface area contributed by atoms with E-state index in [1.165, 1.54) is 0 Å². The normalized spacial score (nSPS) is 10.6. The number of anilines is 1. The average Bonchev–Trinajstić information content (AvgIpc) is 2.18. The summed E-state index contributed by atoms with van der Waals surface area (Å²) < 4.78 is 0. The van der Waals surface area contributed by atoms with Crippen LogP contribution in [0.15, 0.2) is 5.03 Å². The third-order valence-corrected chi connectivity index (χ3v) is 3.81. The van der Waals surface area contributed by atoms with Gasteiger partial charge in [-0.15, -0.1) is 11.8 Å². The summed E-state index contributed by atoms with van der Waals surface area (Å²) in [4.78, 5) is 4.19. The highest BCUT2D eigenvalue weighted by Gasteiger charge is 2.11. The molecule has 0 atom stereocenters. The molecule has 0 amide bonds. The van der Waals surface area contributed by atoms with Gasteiger partial charge in [0.05, 0.1) is 10.7 Å². The van der Waals surface area contributed by atoms with Crippen molar-refractivity contribution < 1.29 is 0 Å². The second-order valence-electron chi connectivity index (χ2n) is 2.91. The number of aromatic nitrogens is 1. The SMILES string of the molecule is CCCSc1nc(Cl)c(N)c(Cl)c1C. The quantitative estimate of drug-likeness (QED) is 0.656. The Bertz CT molecular complexity index is 342. The molecule has 0 aromatic carbocycles. The number of hydrogen-bond donors (Lipinski definition) is 1. The number of rotatable bonds is 3. The number of nitrogens with two attached hydrogens (primary N) is 1.